The Bertz CT molecular complexity index is 309. The first-order valence-corrected chi connectivity index (χ1v) is 5.03. The summed E-state index contributed by atoms with van der Waals surface area (Å²) in [6.07, 6.45) is 0. The van der Waals surface area contributed by atoms with Gasteiger partial charge in [0.2, 0.25) is 5.88 Å². The van der Waals surface area contributed by atoms with E-state index in [0.717, 1.165) is 5.75 Å². The fourth-order valence-corrected chi connectivity index (χ4v) is 1.48. The third-order valence-corrected chi connectivity index (χ3v) is 2.02. The number of aryl methyl sites for hydroxylation is 1. The van der Waals surface area contributed by atoms with Crippen LogP contribution in [0.5, 0.6) is 5.88 Å². The van der Waals surface area contributed by atoms with Gasteiger partial charge in [0.25, 0.3) is 0 Å². The molecular formula is C8H10F2N2OS. The van der Waals surface area contributed by atoms with Crippen molar-refractivity contribution in [2.75, 3.05) is 5.75 Å². The number of hydrogen-bond acceptors (Lipinski definition) is 4. The van der Waals surface area contributed by atoms with Crippen LogP contribution in [0.25, 0.3) is 0 Å². The van der Waals surface area contributed by atoms with E-state index >= 15 is 0 Å². The van der Waals surface area contributed by atoms with Crippen molar-refractivity contribution in [3.05, 3.63) is 11.8 Å². The summed E-state index contributed by atoms with van der Waals surface area (Å²) in [5.41, 5.74) is 0.617. The van der Waals surface area contributed by atoms with E-state index < -0.39 is 6.61 Å². The number of halogens is 2. The highest BCUT2D eigenvalue weighted by atomic mass is 32.2. The van der Waals surface area contributed by atoms with Crippen LogP contribution in [-0.2, 0) is 0 Å². The van der Waals surface area contributed by atoms with Gasteiger partial charge in [-0.25, -0.2) is 4.98 Å². The SMILES string of the molecule is CCSc1nc(C)cc(OC(F)F)n1. The number of alkyl halides is 2. The van der Waals surface area contributed by atoms with E-state index in [1.165, 1.54) is 17.8 Å². The lowest BCUT2D eigenvalue weighted by Gasteiger charge is -2.05. The second-order valence-corrected chi connectivity index (χ2v) is 3.67. The van der Waals surface area contributed by atoms with Crippen molar-refractivity contribution < 1.29 is 13.5 Å². The molecule has 0 fully saturated rings. The number of ether oxygens (including phenoxy) is 1. The number of thioether (sulfide) groups is 1. The molecule has 0 saturated heterocycles. The van der Waals surface area contributed by atoms with E-state index in [4.69, 9.17) is 0 Å². The summed E-state index contributed by atoms with van der Waals surface area (Å²) in [7, 11) is 0. The van der Waals surface area contributed by atoms with Crippen LogP contribution in [0.15, 0.2) is 11.2 Å². The number of hydrogen-bond donors (Lipinski definition) is 0. The van der Waals surface area contributed by atoms with Crippen LogP contribution in [0.4, 0.5) is 8.78 Å². The minimum atomic E-state index is -2.84. The molecule has 0 bridgehead atoms. The molecule has 1 rings (SSSR count). The molecule has 0 unspecified atom stereocenters. The molecule has 0 aromatic carbocycles. The van der Waals surface area contributed by atoms with E-state index in [0.29, 0.717) is 10.9 Å². The number of rotatable bonds is 4. The molecule has 1 aromatic rings. The van der Waals surface area contributed by atoms with Crippen molar-refractivity contribution in [3.63, 3.8) is 0 Å². The van der Waals surface area contributed by atoms with Gasteiger partial charge in [-0.3, -0.25) is 0 Å². The Balaban J connectivity index is 2.83. The van der Waals surface area contributed by atoms with E-state index in [1.54, 1.807) is 6.92 Å². The van der Waals surface area contributed by atoms with Gasteiger partial charge in [-0.05, 0) is 12.7 Å². The molecule has 0 atom stereocenters. The average Bonchev–Trinajstić information content (AvgIpc) is 2.01. The molecule has 0 amide bonds. The first-order valence-electron chi connectivity index (χ1n) is 4.05. The highest BCUT2D eigenvalue weighted by Crippen LogP contribution is 2.18. The second kappa shape index (κ2) is 5.09. The van der Waals surface area contributed by atoms with Crippen LogP contribution < -0.4 is 4.74 Å². The standard InChI is InChI=1S/C8H10F2N2OS/c1-3-14-8-11-5(2)4-6(12-8)13-7(9)10/h4,7H,3H2,1-2H3. The first kappa shape index (κ1) is 11.2. The molecule has 0 spiro atoms. The van der Waals surface area contributed by atoms with Crippen molar-refractivity contribution >= 4 is 11.8 Å². The third-order valence-electron chi connectivity index (χ3n) is 1.29. The maximum absolute atomic E-state index is 11.9. The summed E-state index contributed by atoms with van der Waals surface area (Å²) < 4.78 is 27.9. The summed E-state index contributed by atoms with van der Waals surface area (Å²) in [5.74, 6) is 0.709. The predicted octanol–water partition coefficient (Wildman–Crippen LogP) is 2.50. The van der Waals surface area contributed by atoms with Crippen LogP contribution in [0, 0.1) is 6.92 Å². The maximum Gasteiger partial charge on any atom is 0.388 e. The molecule has 0 aliphatic carbocycles. The molecule has 6 heteroatoms. The summed E-state index contributed by atoms with van der Waals surface area (Å²) >= 11 is 1.38. The van der Waals surface area contributed by atoms with Crippen molar-refractivity contribution in [2.45, 2.75) is 25.6 Å². The lowest BCUT2D eigenvalue weighted by atomic mass is 10.4. The molecule has 0 radical (unpaired) electrons. The van der Waals surface area contributed by atoms with Gasteiger partial charge >= 0.3 is 6.61 Å². The molecule has 1 heterocycles. The van der Waals surface area contributed by atoms with Gasteiger partial charge in [-0.1, -0.05) is 18.7 Å². The predicted molar refractivity (Wildman–Crippen MR) is 49.8 cm³/mol. The Morgan fingerprint density at radius 1 is 1.50 bits per heavy atom. The fourth-order valence-electron chi connectivity index (χ4n) is 0.859. The van der Waals surface area contributed by atoms with E-state index in [1.807, 2.05) is 6.92 Å². The normalized spacial score (nSPS) is 10.6. The number of aromatic nitrogens is 2. The van der Waals surface area contributed by atoms with Crippen molar-refractivity contribution in [1.29, 1.82) is 0 Å². The highest BCUT2D eigenvalue weighted by Gasteiger charge is 2.08. The van der Waals surface area contributed by atoms with Gasteiger partial charge in [0.05, 0.1) is 0 Å². The molecule has 1 aromatic heterocycles. The Morgan fingerprint density at radius 3 is 2.79 bits per heavy atom. The maximum atomic E-state index is 11.9. The third kappa shape index (κ3) is 3.45. The Hall–Kier alpha value is -0.910. The van der Waals surface area contributed by atoms with Gasteiger partial charge < -0.3 is 4.74 Å². The van der Waals surface area contributed by atoms with Gasteiger partial charge in [-0.15, -0.1) is 0 Å². The zero-order valence-corrected chi connectivity index (χ0v) is 8.65. The Kier molecular flexibility index (Phi) is 4.06. The van der Waals surface area contributed by atoms with Crippen molar-refractivity contribution in [3.8, 4) is 5.88 Å². The summed E-state index contributed by atoms with van der Waals surface area (Å²) in [6.45, 7) is 0.799. The van der Waals surface area contributed by atoms with E-state index in [2.05, 4.69) is 14.7 Å². The first-order chi connectivity index (χ1) is 6.61. The largest absolute Gasteiger partial charge is 0.417 e. The molecule has 78 valence electrons. The molecule has 0 aliphatic rings. The Morgan fingerprint density at radius 2 is 2.21 bits per heavy atom. The minimum absolute atomic E-state index is 0.0801. The molecule has 14 heavy (non-hydrogen) atoms. The second-order valence-electron chi connectivity index (χ2n) is 2.44. The summed E-state index contributed by atoms with van der Waals surface area (Å²) in [6, 6.07) is 1.38. The van der Waals surface area contributed by atoms with Crippen LogP contribution in [0.1, 0.15) is 12.6 Å². The number of nitrogens with zero attached hydrogens (tertiary/aromatic N) is 2. The van der Waals surface area contributed by atoms with Crippen LogP contribution in [0.2, 0.25) is 0 Å². The van der Waals surface area contributed by atoms with Gasteiger partial charge in [0.15, 0.2) is 5.16 Å². The topological polar surface area (TPSA) is 35.0 Å². The van der Waals surface area contributed by atoms with Crippen LogP contribution in [0.3, 0.4) is 0 Å². The smallest absolute Gasteiger partial charge is 0.388 e. The van der Waals surface area contributed by atoms with Gasteiger partial charge in [-0.2, -0.15) is 13.8 Å². The monoisotopic (exact) mass is 220 g/mol. The van der Waals surface area contributed by atoms with Gasteiger partial charge in [0.1, 0.15) is 0 Å². The fraction of sp³-hybridized carbons (Fsp3) is 0.500. The lowest BCUT2D eigenvalue weighted by molar-refractivity contribution is -0.0533. The van der Waals surface area contributed by atoms with Crippen LogP contribution in [-0.4, -0.2) is 22.3 Å². The molecule has 0 N–H and O–H groups in total. The molecular weight excluding hydrogens is 210 g/mol. The molecule has 0 saturated carbocycles. The average molecular weight is 220 g/mol. The zero-order valence-electron chi connectivity index (χ0n) is 7.83. The van der Waals surface area contributed by atoms with Gasteiger partial charge in [0, 0.05) is 11.8 Å². The van der Waals surface area contributed by atoms with E-state index in [9.17, 15) is 8.78 Å². The zero-order chi connectivity index (χ0) is 10.6. The highest BCUT2D eigenvalue weighted by molar-refractivity contribution is 7.99. The van der Waals surface area contributed by atoms with Crippen molar-refractivity contribution in [1.82, 2.24) is 9.97 Å². The van der Waals surface area contributed by atoms with Crippen molar-refractivity contribution in [2.24, 2.45) is 0 Å². The summed E-state index contributed by atoms with van der Waals surface area (Å²) in [5, 5.41) is 0.461. The van der Waals surface area contributed by atoms with Crippen LogP contribution >= 0.6 is 11.8 Å². The lowest BCUT2D eigenvalue weighted by Crippen LogP contribution is -2.05. The minimum Gasteiger partial charge on any atom is -0.417 e. The summed E-state index contributed by atoms with van der Waals surface area (Å²) in [4.78, 5) is 7.87. The molecule has 3 nitrogen and oxygen atoms in total. The quantitative estimate of drug-likeness (QED) is 0.577. The Labute approximate surface area is 84.9 Å². The van der Waals surface area contributed by atoms with E-state index in [-0.39, 0.29) is 5.88 Å². The molecule has 0 aliphatic heterocycles.